The molecule has 1 unspecified atom stereocenters. The zero-order valence-electron chi connectivity index (χ0n) is 11.8. The molecule has 8 heteroatoms. The fourth-order valence-electron chi connectivity index (χ4n) is 2.65. The first-order valence-electron chi connectivity index (χ1n) is 6.59. The van der Waals surface area contributed by atoms with Crippen LogP contribution < -0.4 is 5.73 Å². The summed E-state index contributed by atoms with van der Waals surface area (Å²) < 4.78 is 5.14. The predicted molar refractivity (Wildman–Crippen MR) is 76.7 cm³/mol. The maximum Gasteiger partial charge on any atom is 0.246 e. The number of ketones is 1. The van der Waals surface area contributed by atoms with Gasteiger partial charge in [0.1, 0.15) is 12.1 Å². The Morgan fingerprint density at radius 3 is 2.32 bits per heavy atom. The van der Waals surface area contributed by atoms with Gasteiger partial charge in [-0.25, -0.2) is 0 Å². The van der Waals surface area contributed by atoms with Crippen molar-refractivity contribution >= 4 is 17.4 Å². The zero-order chi connectivity index (χ0) is 16.8. The number of hydrogen-bond acceptors (Lipinski definition) is 7. The Morgan fingerprint density at radius 1 is 1.32 bits per heavy atom. The second-order valence-electron chi connectivity index (χ2n) is 5.33. The number of benzene rings is 1. The molecule has 0 spiro atoms. The van der Waals surface area contributed by atoms with Crippen molar-refractivity contribution in [1.82, 2.24) is 0 Å². The molecule has 1 heterocycles. The van der Waals surface area contributed by atoms with E-state index >= 15 is 0 Å². The maximum atomic E-state index is 11.6. The summed E-state index contributed by atoms with van der Waals surface area (Å²) in [5, 5.41) is 38.6. The highest BCUT2D eigenvalue weighted by Crippen LogP contribution is 2.49. The standard InChI is InChI=1S/C14H18ClNO6/c1-8(18)13(20)11(16)14(15,21)12(19,10(7-17)22-13)9-5-3-2-4-6-9/h2-6,10-11,17,19-21H,7,16H2,1H3/t10-,11+,12-,13?,14-/m1/s1. The maximum absolute atomic E-state index is 11.6. The summed E-state index contributed by atoms with van der Waals surface area (Å²) in [5.74, 6) is -3.54. The van der Waals surface area contributed by atoms with Crippen molar-refractivity contribution in [2.24, 2.45) is 5.73 Å². The van der Waals surface area contributed by atoms with Crippen LogP contribution in [0, 0.1) is 0 Å². The second kappa shape index (κ2) is 5.54. The number of aliphatic hydroxyl groups is 4. The van der Waals surface area contributed by atoms with E-state index in [1.165, 1.54) is 12.1 Å². The highest BCUT2D eigenvalue weighted by atomic mass is 35.5. The summed E-state index contributed by atoms with van der Waals surface area (Å²) in [5.41, 5.74) is 3.48. The molecule has 1 saturated heterocycles. The van der Waals surface area contributed by atoms with Crippen LogP contribution in [0.2, 0.25) is 0 Å². The van der Waals surface area contributed by atoms with Crippen LogP contribution in [0.1, 0.15) is 12.5 Å². The summed E-state index contributed by atoms with van der Waals surface area (Å²) in [7, 11) is 0. The van der Waals surface area contributed by atoms with Crippen molar-refractivity contribution < 1.29 is 30.0 Å². The van der Waals surface area contributed by atoms with Crippen LogP contribution in [-0.2, 0) is 15.1 Å². The van der Waals surface area contributed by atoms with Crippen molar-refractivity contribution in [2.75, 3.05) is 6.61 Å². The number of carbonyl (C=O) groups is 1. The number of Topliss-reactive ketones (excluding diaryl/α,β-unsaturated/α-hetero) is 1. The smallest absolute Gasteiger partial charge is 0.246 e. The third-order valence-corrected chi connectivity index (χ3v) is 4.56. The van der Waals surface area contributed by atoms with Crippen LogP contribution in [0.5, 0.6) is 0 Å². The first-order valence-corrected chi connectivity index (χ1v) is 6.97. The van der Waals surface area contributed by atoms with Crippen LogP contribution in [0.25, 0.3) is 0 Å². The first kappa shape index (κ1) is 17.3. The molecule has 2 rings (SSSR count). The number of rotatable bonds is 3. The molecule has 1 aromatic rings. The Morgan fingerprint density at radius 2 is 1.86 bits per heavy atom. The van der Waals surface area contributed by atoms with Crippen LogP contribution in [-0.4, -0.2) is 55.8 Å². The highest BCUT2D eigenvalue weighted by molar-refractivity contribution is 6.24. The van der Waals surface area contributed by atoms with Crippen molar-refractivity contribution in [3.63, 3.8) is 0 Å². The third kappa shape index (κ3) is 2.17. The van der Waals surface area contributed by atoms with E-state index in [4.69, 9.17) is 22.1 Å². The van der Waals surface area contributed by atoms with Gasteiger partial charge in [-0.3, -0.25) is 4.79 Å². The van der Waals surface area contributed by atoms with Crippen molar-refractivity contribution in [2.45, 2.75) is 35.5 Å². The Balaban J connectivity index is 2.63. The molecular formula is C14H18ClNO6. The molecule has 0 bridgehead atoms. The van der Waals surface area contributed by atoms with Crippen molar-refractivity contribution in [3.05, 3.63) is 35.9 Å². The quantitative estimate of drug-likeness (QED) is 0.439. The van der Waals surface area contributed by atoms with Gasteiger partial charge in [-0.1, -0.05) is 41.9 Å². The summed E-state index contributed by atoms with van der Waals surface area (Å²) in [6.45, 7) is 0.177. The number of nitrogens with two attached hydrogens (primary N) is 1. The Labute approximate surface area is 131 Å². The molecule has 1 aromatic carbocycles. The van der Waals surface area contributed by atoms with E-state index < -0.39 is 41.0 Å². The lowest BCUT2D eigenvalue weighted by Crippen LogP contribution is -2.78. The number of aliphatic hydroxyl groups excluding tert-OH is 1. The normalized spacial score (nSPS) is 42.1. The first-order chi connectivity index (χ1) is 10.1. The molecule has 6 N–H and O–H groups in total. The van der Waals surface area contributed by atoms with Gasteiger partial charge in [-0.2, -0.15) is 0 Å². The lowest BCUT2D eigenvalue weighted by atomic mass is 9.74. The number of halogens is 1. The van der Waals surface area contributed by atoms with Crippen molar-refractivity contribution in [3.8, 4) is 0 Å². The Kier molecular flexibility index (Phi) is 4.35. The molecule has 1 aliphatic heterocycles. The molecule has 1 fully saturated rings. The molecule has 0 aromatic heterocycles. The molecule has 22 heavy (non-hydrogen) atoms. The minimum absolute atomic E-state index is 0.118. The van der Waals surface area contributed by atoms with E-state index in [2.05, 4.69) is 0 Å². The van der Waals surface area contributed by atoms with Crippen LogP contribution in [0.3, 0.4) is 0 Å². The van der Waals surface area contributed by atoms with Gasteiger partial charge in [0.2, 0.25) is 5.79 Å². The number of ether oxygens (including phenoxy) is 1. The van der Waals surface area contributed by atoms with Crippen LogP contribution in [0.4, 0.5) is 0 Å². The largest absolute Gasteiger partial charge is 0.394 e. The molecule has 0 saturated carbocycles. The summed E-state index contributed by atoms with van der Waals surface area (Å²) >= 11 is 6.04. The van der Waals surface area contributed by atoms with E-state index in [0.29, 0.717) is 0 Å². The van der Waals surface area contributed by atoms with E-state index in [9.17, 15) is 25.2 Å². The summed E-state index contributed by atoms with van der Waals surface area (Å²) in [4.78, 5) is 11.6. The number of carbonyl (C=O) groups excluding carboxylic acids is 1. The Hall–Kier alpha value is -1.06. The van der Waals surface area contributed by atoms with E-state index in [0.717, 1.165) is 6.92 Å². The number of alkyl halides is 1. The fraction of sp³-hybridized carbons (Fsp3) is 0.500. The van der Waals surface area contributed by atoms with Gasteiger partial charge in [0.25, 0.3) is 0 Å². The molecule has 0 amide bonds. The van der Waals surface area contributed by atoms with E-state index in [1.807, 2.05) is 0 Å². The molecule has 1 aliphatic rings. The fourth-order valence-corrected chi connectivity index (χ4v) is 3.03. The second-order valence-corrected chi connectivity index (χ2v) is 5.90. The predicted octanol–water partition coefficient (Wildman–Crippen LogP) is -1.20. The zero-order valence-corrected chi connectivity index (χ0v) is 12.6. The van der Waals surface area contributed by atoms with Crippen LogP contribution in [0.15, 0.2) is 30.3 Å². The summed E-state index contributed by atoms with van der Waals surface area (Å²) in [6, 6.07) is 5.86. The minimum atomic E-state index is -2.67. The molecule has 7 nitrogen and oxygen atoms in total. The average Bonchev–Trinajstić information content (AvgIpc) is 2.50. The number of hydrogen-bond donors (Lipinski definition) is 5. The van der Waals surface area contributed by atoms with Gasteiger partial charge in [-0.05, 0) is 5.56 Å². The van der Waals surface area contributed by atoms with Gasteiger partial charge >= 0.3 is 0 Å². The van der Waals surface area contributed by atoms with E-state index in [-0.39, 0.29) is 5.56 Å². The van der Waals surface area contributed by atoms with E-state index in [1.54, 1.807) is 18.2 Å². The van der Waals surface area contributed by atoms with Gasteiger partial charge < -0.3 is 30.9 Å². The Bertz CT molecular complexity index is 568. The molecular weight excluding hydrogens is 314 g/mol. The topological polar surface area (TPSA) is 133 Å². The lowest BCUT2D eigenvalue weighted by molar-refractivity contribution is -0.341. The summed E-state index contributed by atoms with van der Waals surface area (Å²) in [6.07, 6.45) is -1.58. The molecule has 0 aliphatic carbocycles. The van der Waals surface area contributed by atoms with Gasteiger partial charge in [0.05, 0.1) is 6.61 Å². The van der Waals surface area contributed by atoms with Gasteiger partial charge in [0, 0.05) is 6.92 Å². The van der Waals surface area contributed by atoms with Crippen molar-refractivity contribution in [1.29, 1.82) is 0 Å². The molecule has 0 radical (unpaired) electrons. The SMILES string of the molecule is CC(=O)C1(O)O[C@H](CO)[C@](O)(c2ccccc2)[C@@](O)(Cl)[C@H]1N. The van der Waals surface area contributed by atoms with Gasteiger partial charge in [-0.15, -0.1) is 0 Å². The molecule has 5 atom stereocenters. The van der Waals surface area contributed by atoms with Gasteiger partial charge in [0.15, 0.2) is 16.4 Å². The monoisotopic (exact) mass is 331 g/mol. The average molecular weight is 332 g/mol. The third-order valence-electron chi connectivity index (χ3n) is 4.04. The molecule has 122 valence electrons. The minimum Gasteiger partial charge on any atom is -0.394 e. The van der Waals surface area contributed by atoms with Crippen LogP contribution >= 0.6 is 11.6 Å². The lowest BCUT2D eigenvalue weighted by Gasteiger charge is -2.55. The highest BCUT2D eigenvalue weighted by Gasteiger charge is 2.69.